The van der Waals surface area contributed by atoms with E-state index in [0.29, 0.717) is 56.8 Å². The molecule has 1 aliphatic heterocycles. The SMILES string of the molecule is CCN(CC)S(=O)(=O)c1ccc(N2CCOCC2)c(C(=O)NC2C3CC4CC(C3)CC2C4)c1. The molecule has 182 valence electrons. The van der Waals surface area contributed by atoms with Crippen molar-refractivity contribution in [2.75, 3.05) is 44.3 Å². The van der Waals surface area contributed by atoms with E-state index in [-0.39, 0.29) is 16.8 Å². The van der Waals surface area contributed by atoms with E-state index in [9.17, 15) is 13.2 Å². The van der Waals surface area contributed by atoms with Gasteiger partial charge in [-0.05, 0) is 74.0 Å². The Balaban J connectivity index is 1.46. The first kappa shape index (κ1) is 23.1. The molecule has 1 amide bonds. The van der Waals surface area contributed by atoms with E-state index in [1.54, 1.807) is 12.1 Å². The van der Waals surface area contributed by atoms with Gasteiger partial charge in [0.1, 0.15) is 0 Å². The Morgan fingerprint density at radius 1 is 1.03 bits per heavy atom. The van der Waals surface area contributed by atoms with Gasteiger partial charge in [0.2, 0.25) is 10.0 Å². The zero-order chi connectivity index (χ0) is 23.2. The molecule has 1 heterocycles. The lowest BCUT2D eigenvalue weighted by atomic mass is 9.54. The van der Waals surface area contributed by atoms with Gasteiger partial charge in [0, 0.05) is 37.9 Å². The van der Waals surface area contributed by atoms with Crippen LogP contribution in [0.25, 0.3) is 0 Å². The van der Waals surface area contributed by atoms with Crippen LogP contribution >= 0.6 is 0 Å². The van der Waals surface area contributed by atoms with Gasteiger partial charge in [-0.15, -0.1) is 0 Å². The Labute approximate surface area is 197 Å². The number of amides is 1. The first-order chi connectivity index (χ1) is 15.9. The van der Waals surface area contributed by atoms with Crippen molar-refractivity contribution in [1.82, 2.24) is 9.62 Å². The van der Waals surface area contributed by atoms with Crippen molar-refractivity contribution < 1.29 is 17.9 Å². The van der Waals surface area contributed by atoms with Crippen LogP contribution in [0.1, 0.15) is 56.3 Å². The standard InChI is InChI=1S/C25H37N3O4S/c1-3-28(4-2)33(30,31)21-5-6-23(27-7-9-32-10-8-27)22(16-21)25(29)26-24-19-12-17-11-18(14-19)15-20(24)13-17/h5-6,16-20,24H,3-4,7-15H2,1-2H3,(H,26,29). The predicted octanol–water partition coefficient (Wildman–Crippen LogP) is 3.11. The van der Waals surface area contributed by atoms with Crippen LogP contribution in [0.2, 0.25) is 0 Å². The minimum atomic E-state index is -3.64. The number of hydrogen-bond acceptors (Lipinski definition) is 5. The first-order valence-corrected chi connectivity index (χ1v) is 14.1. The number of morpholine rings is 1. The molecular weight excluding hydrogens is 438 g/mol. The van der Waals surface area contributed by atoms with Gasteiger partial charge in [-0.1, -0.05) is 13.8 Å². The van der Waals surface area contributed by atoms with Gasteiger partial charge in [-0.25, -0.2) is 8.42 Å². The van der Waals surface area contributed by atoms with E-state index in [0.717, 1.165) is 17.5 Å². The largest absolute Gasteiger partial charge is 0.378 e. The molecule has 1 N–H and O–H groups in total. The van der Waals surface area contributed by atoms with E-state index in [2.05, 4.69) is 10.2 Å². The molecule has 33 heavy (non-hydrogen) atoms. The van der Waals surface area contributed by atoms with Crippen molar-refractivity contribution in [2.45, 2.75) is 56.9 Å². The Bertz CT molecular complexity index is 957. The van der Waals surface area contributed by atoms with Crippen molar-refractivity contribution in [3.8, 4) is 0 Å². The Kier molecular flexibility index (Phi) is 6.44. The molecule has 6 rings (SSSR count). The molecule has 0 spiro atoms. The number of sulfonamides is 1. The second-order valence-corrected chi connectivity index (χ2v) is 12.2. The van der Waals surface area contributed by atoms with E-state index >= 15 is 0 Å². The average molecular weight is 476 g/mol. The number of ether oxygens (including phenoxy) is 1. The summed E-state index contributed by atoms with van der Waals surface area (Å²) < 4.78 is 33.4. The van der Waals surface area contributed by atoms with Crippen molar-refractivity contribution in [3.63, 3.8) is 0 Å². The van der Waals surface area contributed by atoms with Crippen LogP contribution in [-0.2, 0) is 14.8 Å². The van der Waals surface area contributed by atoms with Crippen molar-refractivity contribution in [3.05, 3.63) is 23.8 Å². The van der Waals surface area contributed by atoms with Gasteiger partial charge >= 0.3 is 0 Å². The highest BCUT2D eigenvalue weighted by molar-refractivity contribution is 7.89. The second-order valence-electron chi connectivity index (χ2n) is 10.3. The smallest absolute Gasteiger partial charge is 0.253 e. The van der Waals surface area contributed by atoms with Crippen LogP contribution in [0.4, 0.5) is 5.69 Å². The van der Waals surface area contributed by atoms with E-state index in [1.807, 2.05) is 19.9 Å². The van der Waals surface area contributed by atoms with E-state index < -0.39 is 10.0 Å². The summed E-state index contributed by atoms with van der Waals surface area (Å²) in [4.78, 5) is 16.0. The van der Waals surface area contributed by atoms with Crippen molar-refractivity contribution in [2.24, 2.45) is 23.7 Å². The Morgan fingerprint density at radius 3 is 2.21 bits per heavy atom. The molecule has 0 aromatic heterocycles. The third-order valence-electron chi connectivity index (χ3n) is 8.43. The number of nitrogens with one attached hydrogen (secondary N) is 1. The van der Waals surface area contributed by atoms with Crippen molar-refractivity contribution in [1.29, 1.82) is 0 Å². The molecular formula is C25H37N3O4S. The molecule has 4 aliphatic carbocycles. The highest BCUT2D eigenvalue weighted by Gasteiger charge is 2.48. The lowest BCUT2D eigenvalue weighted by Gasteiger charge is -2.54. The van der Waals surface area contributed by atoms with Crippen molar-refractivity contribution >= 4 is 21.6 Å². The topological polar surface area (TPSA) is 79.0 Å². The maximum absolute atomic E-state index is 13.7. The van der Waals surface area contributed by atoms with Gasteiger partial charge in [-0.3, -0.25) is 4.79 Å². The molecule has 7 nitrogen and oxygen atoms in total. The Morgan fingerprint density at radius 2 is 1.64 bits per heavy atom. The highest BCUT2D eigenvalue weighted by atomic mass is 32.2. The average Bonchev–Trinajstić information content (AvgIpc) is 2.81. The predicted molar refractivity (Wildman–Crippen MR) is 128 cm³/mol. The molecule has 4 saturated carbocycles. The van der Waals surface area contributed by atoms with Crippen LogP contribution in [0, 0.1) is 23.7 Å². The van der Waals surface area contributed by atoms with Crippen LogP contribution in [0.3, 0.4) is 0 Å². The van der Waals surface area contributed by atoms with Gasteiger partial charge in [0.25, 0.3) is 5.91 Å². The van der Waals surface area contributed by atoms with E-state index in [4.69, 9.17) is 4.74 Å². The first-order valence-electron chi connectivity index (χ1n) is 12.7. The molecule has 0 atom stereocenters. The summed E-state index contributed by atoms with van der Waals surface area (Å²) in [6, 6.07) is 5.28. The lowest BCUT2D eigenvalue weighted by Crippen LogP contribution is -2.56. The van der Waals surface area contributed by atoms with Crippen LogP contribution in [0.5, 0.6) is 0 Å². The normalized spacial score (nSPS) is 31.2. The summed E-state index contributed by atoms with van der Waals surface area (Å²) in [5.41, 5.74) is 1.28. The monoisotopic (exact) mass is 475 g/mol. The summed E-state index contributed by atoms with van der Waals surface area (Å²) in [6.07, 6.45) is 6.28. The fourth-order valence-electron chi connectivity index (χ4n) is 7.04. The molecule has 1 aromatic carbocycles. The zero-order valence-electron chi connectivity index (χ0n) is 19.8. The number of carbonyl (C=O) groups excluding carboxylic acids is 1. The minimum absolute atomic E-state index is 0.134. The van der Waals surface area contributed by atoms with E-state index in [1.165, 1.54) is 36.4 Å². The summed E-state index contributed by atoms with van der Waals surface area (Å²) in [5, 5.41) is 3.39. The molecule has 5 aliphatic rings. The molecule has 0 radical (unpaired) electrons. The molecule has 5 fully saturated rings. The van der Waals surface area contributed by atoms with Gasteiger partial charge in [0.15, 0.2) is 0 Å². The van der Waals surface area contributed by atoms with Crippen LogP contribution in [-0.4, -0.2) is 64.1 Å². The number of rotatable bonds is 7. The fraction of sp³-hybridized carbons (Fsp3) is 0.720. The fourth-order valence-corrected chi connectivity index (χ4v) is 8.52. The quantitative estimate of drug-likeness (QED) is 0.656. The third-order valence-corrected chi connectivity index (χ3v) is 10.5. The molecule has 8 heteroatoms. The number of carbonyl (C=O) groups is 1. The molecule has 1 aromatic rings. The van der Waals surface area contributed by atoms with Crippen LogP contribution < -0.4 is 10.2 Å². The maximum Gasteiger partial charge on any atom is 0.253 e. The van der Waals surface area contributed by atoms with Crippen LogP contribution in [0.15, 0.2) is 23.1 Å². The summed E-state index contributed by atoms with van der Waals surface area (Å²) in [7, 11) is -3.64. The van der Waals surface area contributed by atoms with Gasteiger partial charge < -0.3 is 15.0 Å². The van der Waals surface area contributed by atoms with Gasteiger partial charge in [-0.2, -0.15) is 4.31 Å². The number of anilines is 1. The lowest BCUT2D eigenvalue weighted by molar-refractivity contribution is -0.0119. The number of nitrogens with zero attached hydrogens (tertiary/aromatic N) is 2. The number of hydrogen-bond donors (Lipinski definition) is 1. The zero-order valence-corrected chi connectivity index (χ0v) is 20.6. The third kappa shape index (κ3) is 4.30. The molecule has 0 unspecified atom stereocenters. The highest BCUT2D eigenvalue weighted by Crippen LogP contribution is 2.53. The second kappa shape index (κ2) is 9.19. The number of benzene rings is 1. The molecule has 4 bridgehead atoms. The maximum atomic E-state index is 13.7. The minimum Gasteiger partial charge on any atom is -0.378 e. The Hall–Kier alpha value is -1.64. The summed E-state index contributed by atoms with van der Waals surface area (Å²) >= 11 is 0. The summed E-state index contributed by atoms with van der Waals surface area (Å²) in [6.45, 7) is 7.08. The van der Waals surface area contributed by atoms with Gasteiger partial charge in [0.05, 0.1) is 23.7 Å². The molecule has 1 saturated heterocycles. The summed E-state index contributed by atoms with van der Waals surface area (Å²) in [5.74, 6) is 2.68.